The number of carbonyl (C=O) groups is 1. The maximum absolute atomic E-state index is 12.3. The summed E-state index contributed by atoms with van der Waals surface area (Å²) < 4.78 is 35.1. The molecule has 46 heavy (non-hydrogen) atoms. The summed E-state index contributed by atoms with van der Waals surface area (Å²) in [6.45, 7) is 4.59. The third-order valence-electron chi connectivity index (χ3n) is 8.89. The minimum atomic E-state index is -3.30. The zero-order valence-corrected chi connectivity index (χ0v) is 28.3. The van der Waals surface area contributed by atoms with Crippen LogP contribution in [0, 0.1) is 12.8 Å². The molecular weight excluding hydrogens is 619 g/mol. The molecule has 5 rings (SSSR count). The Kier molecular flexibility index (Phi) is 12.1. The van der Waals surface area contributed by atoms with Gasteiger partial charge in [0, 0.05) is 55.7 Å². The van der Waals surface area contributed by atoms with Crippen molar-refractivity contribution in [1.29, 1.82) is 0 Å². The first-order valence-electron chi connectivity index (χ1n) is 16.1. The van der Waals surface area contributed by atoms with E-state index in [0.29, 0.717) is 25.2 Å². The Morgan fingerprint density at radius 3 is 2.22 bits per heavy atom. The molecule has 1 saturated carbocycles. The predicted molar refractivity (Wildman–Crippen MR) is 185 cm³/mol. The van der Waals surface area contributed by atoms with Gasteiger partial charge in [0.15, 0.2) is 9.84 Å². The van der Waals surface area contributed by atoms with Crippen LogP contribution < -0.4 is 4.74 Å². The lowest BCUT2D eigenvalue weighted by Crippen LogP contribution is -2.48. The standard InChI is InChI=1S/C37H45NO6S2/c1-27-9-13-29(14-10-27)30-15-11-28(12-16-30)26-43-35-25-34(39)37(38-21-23-45-24-22-38)33(35)7-5-3-4-6-8-36(40)44-31-17-19-32(20-18-31)46(2,41)42/h3-4,9-20,33-35,37,39H,5-8,21-26H2,1-2H3/b4-3-/t33?,34-,35+,37-/m0/s1. The Labute approximate surface area is 277 Å². The number of esters is 1. The fourth-order valence-corrected chi connectivity index (χ4v) is 7.96. The summed E-state index contributed by atoms with van der Waals surface area (Å²) in [7, 11) is -3.30. The summed E-state index contributed by atoms with van der Waals surface area (Å²) in [6, 6.07) is 23.1. The molecule has 4 atom stereocenters. The van der Waals surface area contributed by atoms with Gasteiger partial charge in [0.25, 0.3) is 0 Å². The highest BCUT2D eigenvalue weighted by Gasteiger charge is 2.45. The van der Waals surface area contributed by atoms with E-state index in [4.69, 9.17) is 9.47 Å². The number of sulfone groups is 1. The van der Waals surface area contributed by atoms with Crippen molar-refractivity contribution >= 4 is 27.6 Å². The number of carbonyl (C=O) groups excluding carboxylic acids is 1. The normalized spacial score (nSPS) is 22.3. The molecule has 0 amide bonds. The number of allylic oxidation sites excluding steroid dienone is 2. The lowest BCUT2D eigenvalue weighted by molar-refractivity contribution is -0.134. The van der Waals surface area contributed by atoms with E-state index in [-0.39, 0.29) is 35.3 Å². The first kappa shape index (κ1) is 34.4. The molecule has 2 fully saturated rings. The Morgan fingerprint density at radius 1 is 0.935 bits per heavy atom. The molecular formula is C37H45NO6S2. The van der Waals surface area contributed by atoms with Crippen LogP contribution in [0.2, 0.25) is 0 Å². The van der Waals surface area contributed by atoms with E-state index in [9.17, 15) is 18.3 Å². The van der Waals surface area contributed by atoms with Gasteiger partial charge in [0.05, 0.1) is 23.7 Å². The molecule has 1 heterocycles. The smallest absolute Gasteiger partial charge is 0.311 e. The molecule has 1 aliphatic carbocycles. The van der Waals surface area contributed by atoms with E-state index in [2.05, 4.69) is 66.4 Å². The lowest BCUT2D eigenvalue weighted by Gasteiger charge is -2.37. The fraction of sp³-hybridized carbons (Fsp3) is 0.432. The average Bonchev–Trinajstić information content (AvgIpc) is 3.37. The van der Waals surface area contributed by atoms with Crippen LogP contribution in [0.3, 0.4) is 0 Å². The summed E-state index contributed by atoms with van der Waals surface area (Å²) in [4.78, 5) is 15.0. The van der Waals surface area contributed by atoms with Gasteiger partial charge in [-0.05, 0) is 67.1 Å². The quantitative estimate of drug-likeness (QED) is 0.126. The maximum atomic E-state index is 12.3. The highest BCUT2D eigenvalue weighted by molar-refractivity contribution is 7.99. The molecule has 3 aromatic rings. The van der Waals surface area contributed by atoms with Crippen LogP contribution in [0.15, 0.2) is 89.8 Å². The maximum Gasteiger partial charge on any atom is 0.311 e. The van der Waals surface area contributed by atoms with Crippen molar-refractivity contribution in [2.75, 3.05) is 30.9 Å². The highest BCUT2D eigenvalue weighted by atomic mass is 32.2. The van der Waals surface area contributed by atoms with E-state index in [0.717, 1.165) is 49.3 Å². The second-order valence-electron chi connectivity index (χ2n) is 12.3. The molecule has 1 aliphatic heterocycles. The van der Waals surface area contributed by atoms with Crippen molar-refractivity contribution in [3.05, 3.63) is 96.1 Å². The fourth-order valence-electron chi connectivity index (χ4n) is 6.40. The number of hydrogen-bond acceptors (Lipinski definition) is 8. The number of ether oxygens (including phenoxy) is 2. The topological polar surface area (TPSA) is 93.1 Å². The van der Waals surface area contributed by atoms with Gasteiger partial charge in [-0.15, -0.1) is 0 Å². The number of aliphatic hydroxyl groups is 1. The van der Waals surface area contributed by atoms with Crippen LogP contribution in [-0.4, -0.2) is 73.5 Å². The summed E-state index contributed by atoms with van der Waals surface area (Å²) in [5.41, 5.74) is 4.76. The average molecular weight is 664 g/mol. The summed E-state index contributed by atoms with van der Waals surface area (Å²) in [6.07, 6.45) is 7.99. The van der Waals surface area contributed by atoms with E-state index in [1.807, 2.05) is 17.8 Å². The molecule has 2 aliphatic rings. The van der Waals surface area contributed by atoms with Gasteiger partial charge in [-0.25, -0.2) is 8.42 Å². The zero-order chi connectivity index (χ0) is 32.5. The van der Waals surface area contributed by atoms with Crippen molar-refractivity contribution in [1.82, 2.24) is 4.90 Å². The monoisotopic (exact) mass is 663 g/mol. The van der Waals surface area contributed by atoms with Crippen molar-refractivity contribution in [3.63, 3.8) is 0 Å². The van der Waals surface area contributed by atoms with Crippen molar-refractivity contribution < 1.29 is 27.8 Å². The van der Waals surface area contributed by atoms with E-state index < -0.39 is 15.9 Å². The summed E-state index contributed by atoms with van der Waals surface area (Å²) >= 11 is 1.97. The third-order valence-corrected chi connectivity index (χ3v) is 11.0. The van der Waals surface area contributed by atoms with Crippen LogP contribution in [0.5, 0.6) is 5.75 Å². The molecule has 1 saturated heterocycles. The first-order valence-corrected chi connectivity index (χ1v) is 19.2. The molecule has 7 nitrogen and oxygen atoms in total. The van der Waals surface area contributed by atoms with Crippen molar-refractivity contribution in [2.45, 2.75) is 68.8 Å². The predicted octanol–water partition coefficient (Wildman–Crippen LogP) is 6.47. The molecule has 0 bridgehead atoms. The van der Waals surface area contributed by atoms with Gasteiger partial charge < -0.3 is 14.6 Å². The second kappa shape index (κ2) is 16.2. The van der Waals surface area contributed by atoms with E-state index in [1.54, 1.807) is 0 Å². The van der Waals surface area contributed by atoms with Gasteiger partial charge in [0.2, 0.25) is 0 Å². The van der Waals surface area contributed by atoms with Gasteiger partial charge in [-0.1, -0.05) is 66.2 Å². The van der Waals surface area contributed by atoms with Crippen LogP contribution in [-0.2, 0) is 26.0 Å². The number of nitrogens with zero attached hydrogens (tertiary/aromatic N) is 1. The number of aliphatic hydroxyl groups excluding tert-OH is 1. The molecule has 1 N–H and O–H groups in total. The Morgan fingerprint density at radius 2 is 1.57 bits per heavy atom. The van der Waals surface area contributed by atoms with Crippen LogP contribution >= 0.6 is 11.8 Å². The largest absolute Gasteiger partial charge is 0.427 e. The second-order valence-corrected chi connectivity index (χ2v) is 15.6. The first-order chi connectivity index (χ1) is 22.2. The minimum Gasteiger partial charge on any atom is -0.427 e. The van der Waals surface area contributed by atoms with E-state index >= 15 is 0 Å². The van der Waals surface area contributed by atoms with E-state index in [1.165, 1.54) is 41.0 Å². The number of aryl methyl sites for hydroxylation is 1. The molecule has 0 radical (unpaired) electrons. The van der Waals surface area contributed by atoms with Crippen molar-refractivity contribution in [2.24, 2.45) is 5.92 Å². The summed E-state index contributed by atoms with van der Waals surface area (Å²) in [5.74, 6) is 2.37. The zero-order valence-electron chi connectivity index (χ0n) is 26.7. The molecule has 1 unspecified atom stereocenters. The third kappa shape index (κ3) is 9.55. The Balaban J connectivity index is 1.13. The number of rotatable bonds is 13. The Bertz CT molecular complexity index is 1550. The molecule has 246 valence electrons. The minimum absolute atomic E-state index is 0.0242. The lowest BCUT2D eigenvalue weighted by atomic mass is 9.93. The van der Waals surface area contributed by atoms with Gasteiger partial charge in [-0.3, -0.25) is 9.69 Å². The molecule has 9 heteroatoms. The highest BCUT2D eigenvalue weighted by Crippen LogP contribution is 2.37. The van der Waals surface area contributed by atoms with Gasteiger partial charge >= 0.3 is 5.97 Å². The molecule has 0 aromatic heterocycles. The van der Waals surface area contributed by atoms with Crippen LogP contribution in [0.1, 0.15) is 43.2 Å². The van der Waals surface area contributed by atoms with Gasteiger partial charge in [0.1, 0.15) is 5.75 Å². The van der Waals surface area contributed by atoms with Gasteiger partial charge in [-0.2, -0.15) is 11.8 Å². The SMILES string of the molecule is Cc1ccc(-c2ccc(CO[C@@H]3C[C@H](O)[C@@H](N4CCSCC4)C3CC/C=C\CCC(=O)Oc3ccc(S(C)(=O)=O)cc3)cc2)cc1. The summed E-state index contributed by atoms with van der Waals surface area (Å²) in [5, 5.41) is 11.2. The number of hydrogen-bond donors (Lipinski definition) is 1. The van der Waals surface area contributed by atoms with Crippen molar-refractivity contribution in [3.8, 4) is 16.9 Å². The van der Waals surface area contributed by atoms with Crippen LogP contribution in [0.4, 0.5) is 0 Å². The van der Waals surface area contributed by atoms with Crippen LogP contribution in [0.25, 0.3) is 11.1 Å². The Hall–Kier alpha value is -2.95. The number of thioether (sulfide) groups is 1. The molecule has 3 aromatic carbocycles. The molecule has 0 spiro atoms. The number of benzene rings is 3.